The third-order valence-electron chi connectivity index (χ3n) is 3.63. The van der Waals surface area contributed by atoms with E-state index in [-0.39, 0.29) is 19.0 Å². The van der Waals surface area contributed by atoms with Crippen LogP contribution in [-0.4, -0.2) is 56.5 Å². The van der Waals surface area contributed by atoms with Gasteiger partial charge in [0.2, 0.25) is 5.91 Å². The number of morpholine rings is 1. The Bertz CT molecular complexity index is 521. The fourth-order valence-electron chi connectivity index (χ4n) is 2.50. The molecule has 6 nitrogen and oxygen atoms in total. The predicted octanol–water partition coefficient (Wildman–Crippen LogP) is 0.335. The topological polar surface area (TPSA) is 79.0 Å². The maximum Gasteiger partial charge on any atom is 0.224 e. The second-order valence-electron chi connectivity index (χ2n) is 5.23. The van der Waals surface area contributed by atoms with Crippen LogP contribution in [0, 0.1) is 5.82 Å². The zero-order valence-corrected chi connectivity index (χ0v) is 12.7. The number of anilines is 2. The molecule has 1 saturated heterocycles. The van der Waals surface area contributed by atoms with Gasteiger partial charge >= 0.3 is 0 Å². The van der Waals surface area contributed by atoms with Crippen LogP contribution in [0.4, 0.5) is 15.8 Å². The Labute approximate surface area is 129 Å². The fraction of sp³-hybridized carbons (Fsp3) is 0.533. The van der Waals surface area contributed by atoms with Gasteiger partial charge in [-0.3, -0.25) is 4.79 Å². The molecule has 1 aliphatic heterocycles. The summed E-state index contributed by atoms with van der Waals surface area (Å²) in [6, 6.07) is 4.60. The molecule has 0 aromatic heterocycles. The average molecular weight is 311 g/mol. The lowest BCUT2D eigenvalue weighted by atomic mass is 10.1. The first-order valence-electron chi connectivity index (χ1n) is 7.32. The van der Waals surface area contributed by atoms with Crippen LogP contribution in [0.15, 0.2) is 18.2 Å². The van der Waals surface area contributed by atoms with E-state index in [2.05, 4.69) is 0 Å². The molecule has 2 rings (SSSR count). The summed E-state index contributed by atoms with van der Waals surface area (Å²) >= 11 is 0. The third-order valence-corrected chi connectivity index (χ3v) is 3.63. The summed E-state index contributed by atoms with van der Waals surface area (Å²) in [6.07, 6.45) is -0.857. The van der Waals surface area contributed by atoms with E-state index in [1.54, 1.807) is 12.1 Å². The van der Waals surface area contributed by atoms with Crippen LogP contribution in [0.5, 0.6) is 0 Å². The van der Waals surface area contributed by atoms with E-state index in [0.29, 0.717) is 37.7 Å². The second kappa shape index (κ2) is 7.53. The molecular formula is C15H22FN3O3. The minimum atomic E-state index is -0.857. The van der Waals surface area contributed by atoms with Crippen molar-refractivity contribution in [2.75, 3.05) is 49.2 Å². The first-order valence-corrected chi connectivity index (χ1v) is 7.32. The fourth-order valence-corrected chi connectivity index (χ4v) is 2.50. The number of ether oxygens (including phenoxy) is 1. The van der Waals surface area contributed by atoms with E-state index in [1.807, 2.05) is 4.90 Å². The van der Waals surface area contributed by atoms with Crippen molar-refractivity contribution in [3.63, 3.8) is 0 Å². The molecule has 1 heterocycles. The first-order chi connectivity index (χ1) is 10.5. The average Bonchev–Trinajstić information content (AvgIpc) is 2.52. The Balaban J connectivity index is 2.38. The number of amides is 1. The zero-order chi connectivity index (χ0) is 16.1. The van der Waals surface area contributed by atoms with Gasteiger partial charge in [0, 0.05) is 26.6 Å². The molecule has 1 aliphatic rings. The highest BCUT2D eigenvalue weighted by Gasteiger charge is 2.25. The van der Waals surface area contributed by atoms with Gasteiger partial charge in [0.1, 0.15) is 5.82 Å². The molecule has 0 aliphatic carbocycles. The predicted molar refractivity (Wildman–Crippen MR) is 82.5 cm³/mol. The molecule has 0 radical (unpaired) electrons. The molecule has 0 spiro atoms. The van der Waals surface area contributed by atoms with Gasteiger partial charge in [-0.15, -0.1) is 0 Å². The number of carbonyl (C=O) groups excluding carboxylic acids is 1. The largest absolute Gasteiger partial charge is 0.390 e. The van der Waals surface area contributed by atoms with Crippen molar-refractivity contribution >= 4 is 17.3 Å². The number of hydrogen-bond acceptors (Lipinski definition) is 5. The molecule has 0 bridgehead atoms. The Hall–Kier alpha value is -1.70. The van der Waals surface area contributed by atoms with Crippen molar-refractivity contribution in [1.29, 1.82) is 0 Å². The number of para-hydroxylation sites is 1. The normalized spacial score (nSPS) is 16.5. The van der Waals surface area contributed by atoms with Gasteiger partial charge in [0.25, 0.3) is 0 Å². The zero-order valence-electron chi connectivity index (χ0n) is 12.7. The summed E-state index contributed by atoms with van der Waals surface area (Å²) < 4.78 is 19.7. The van der Waals surface area contributed by atoms with Crippen molar-refractivity contribution < 1.29 is 19.0 Å². The molecule has 0 saturated carbocycles. The summed E-state index contributed by atoms with van der Waals surface area (Å²) in [5, 5.41) is 9.76. The number of aliphatic hydroxyl groups is 1. The Morgan fingerprint density at radius 2 is 2.18 bits per heavy atom. The standard InChI is InChI=1S/C15H22FN3O3/c1-11(20)19(10-12(21)9-17)14-4-2-3-13(16)15(14)18-5-7-22-8-6-18/h2-4,12,21H,5-10,17H2,1H3. The molecule has 1 unspecified atom stereocenters. The van der Waals surface area contributed by atoms with Gasteiger partial charge in [-0.2, -0.15) is 0 Å². The molecule has 1 fully saturated rings. The Morgan fingerprint density at radius 1 is 1.50 bits per heavy atom. The molecule has 1 aromatic rings. The van der Waals surface area contributed by atoms with Crippen molar-refractivity contribution in [3.05, 3.63) is 24.0 Å². The number of carbonyl (C=O) groups is 1. The van der Waals surface area contributed by atoms with Gasteiger partial charge in [-0.25, -0.2) is 4.39 Å². The quantitative estimate of drug-likeness (QED) is 0.819. The van der Waals surface area contributed by atoms with Gasteiger partial charge < -0.3 is 25.4 Å². The van der Waals surface area contributed by atoms with E-state index >= 15 is 0 Å². The van der Waals surface area contributed by atoms with Crippen LogP contribution in [0.2, 0.25) is 0 Å². The van der Waals surface area contributed by atoms with Crippen LogP contribution in [0.1, 0.15) is 6.92 Å². The maximum absolute atomic E-state index is 14.4. The van der Waals surface area contributed by atoms with Crippen LogP contribution in [-0.2, 0) is 9.53 Å². The summed E-state index contributed by atoms with van der Waals surface area (Å²) in [7, 11) is 0. The van der Waals surface area contributed by atoms with E-state index in [4.69, 9.17) is 10.5 Å². The molecule has 1 atom stereocenters. The van der Waals surface area contributed by atoms with Gasteiger partial charge in [0.15, 0.2) is 0 Å². The van der Waals surface area contributed by atoms with E-state index in [1.165, 1.54) is 17.9 Å². The van der Waals surface area contributed by atoms with E-state index in [9.17, 15) is 14.3 Å². The van der Waals surface area contributed by atoms with Crippen LogP contribution in [0.3, 0.4) is 0 Å². The van der Waals surface area contributed by atoms with Crippen molar-refractivity contribution in [2.45, 2.75) is 13.0 Å². The molecular weight excluding hydrogens is 289 g/mol. The van der Waals surface area contributed by atoms with E-state index < -0.39 is 11.9 Å². The first kappa shape index (κ1) is 16.7. The minimum absolute atomic E-state index is 0.0337. The van der Waals surface area contributed by atoms with Crippen LogP contribution < -0.4 is 15.5 Å². The second-order valence-corrected chi connectivity index (χ2v) is 5.23. The molecule has 122 valence electrons. The number of aliphatic hydroxyl groups excluding tert-OH is 1. The lowest BCUT2D eigenvalue weighted by Gasteiger charge is -2.34. The molecule has 7 heteroatoms. The van der Waals surface area contributed by atoms with Crippen molar-refractivity contribution in [2.24, 2.45) is 5.73 Å². The highest BCUT2D eigenvalue weighted by molar-refractivity contribution is 5.95. The highest BCUT2D eigenvalue weighted by atomic mass is 19.1. The number of nitrogens with zero attached hydrogens (tertiary/aromatic N) is 2. The Morgan fingerprint density at radius 3 is 2.77 bits per heavy atom. The summed E-state index contributed by atoms with van der Waals surface area (Å²) in [6.45, 7) is 3.59. The van der Waals surface area contributed by atoms with Crippen LogP contribution in [0.25, 0.3) is 0 Å². The highest BCUT2D eigenvalue weighted by Crippen LogP contribution is 2.33. The molecule has 1 amide bonds. The molecule has 22 heavy (non-hydrogen) atoms. The molecule has 3 N–H and O–H groups in total. The number of benzene rings is 1. The van der Waals surface area contributed by atoms with Crippen molar-refractivity contribution in [3.8, 4) is 0 Å². The van der Waals surface area contributed by atoms with Gasteiger partial charge in [-0.1, -0.05) is 6.07 Å². The van der Waals surface area contributed by atoms with Gasteiger partial charge in [-0.05, 0) is 12.1 Å². The number of hydrogen-bond donors (Lipinski definition) is 2. The van der Waals surface area contributed by atoms with E-state index in [0.717, 1.165) is 0 Å². The summed E-state index contributed by atoms with van der Waals surface area (Å²) in [5.74, 6) is -0.666. The minimum Gasteiger partial charge on any atom is -0.390 e. The number of nitrogens with two attached hydrogens (primary N) is 1. The summed E-state index contributed by atoms with van der Waals surface area (Å²) in [5.41, 5.74) is 6.23. The van der Waals surface area contributed by atoms with Crippen molar-refractivity contribution in [1.82, 2.24) is 0 Å². The summed E-state index contributed by atoms with van der Waals surface area (Å²) in [4.78, 5) is 15.2. The molecule has 1 aromatic carbocycles. The smallest absolute Gasteiger partial charge is 0.224 e. The monoisotopic (exact) mass is 311 g/mol. The van der Waals surface area contributed by atoms with Crippen LogP contribution >= 0.6 is 0 Å². The maximum atomic E-state index is 14.4. The lowest BCUT2D eigenvalue weighted by molar-refractivity contribution is -0.116. The van der Waals surface area contributed by atoms with Gasteiger partial charge in [0.05, 0.1) is 37.2 Å². The lowest BCUT2D eigenvalue weighted by Crippen LogP contribution is -2.42. The Kier molecular flexibility index (Phi) is 5.70. The third kappa shape index (κ3) is 3.73. The number of halogens is 1. The number of rotatable bonds is 5. The SMILES string of the molecule is CC(=O)N(CC(O)CN)c1cccc(F)c1N1CCOCC1.